The molecule has 0 spiro atoms. The number of hydrogen-bond donors (Lipinski definition) is 2. The molecule has 0 atom stereocenters. The van der Waals surface area contributed by atoms with Gasteiger partial charge in [0.2, 0.25) is 0 Å². The molecule has 0 aliphatic heterocycles. The highest BCUT2D eigenvalue weighted by molar-refractivity contribution is 6.23. The molecule has 0 saturated heterocycles. The van der Waals surface area contributed by atoms with Crippen LogP contribution in [0.2, 0.25) is 0 Å². The van der Waals surface area contributed by atoms with Crippen LogP contribution < -0.4 is 25.7 Å². The zero-order valence-electron chi connectivity index (χ0n) is 20.5. The van der Waals surface area contributed by atoms with Gasteiger partial charge in [-0.05, 0) is 67.1 Å². The first-order chi connectivity index (χ1) is 18.0. The van der Waals surface area contributed by atoms with E-state index in [4.69, 9.17) is 30.4 Å². The molecule has 0 aromatic heterocycles. The predicted molar refractivity (Wildman–Crippen MR) is 136 cm³/mol. The van der Waals surface area contributed by atoms with E-state index in [-0.39, 0.29) is 35.0 Å². The summed E-state index contributed by atoms with van der Waals surface area (Å²) < 4.78 is 57.6. The lowest BCUT2D eigenvalue weighted by atomic mass is 10.0. The third-order valence-electron chi connectivity index (χ3n) is 5.05. The molecule has 0 amide bonds. The third kappa shape index (κ3) is 7.42. The molecule has 38 heavy (non-hydrogen) atoms. The zero-order chi connectivity index (χ0) is 27.9. The van der Waals surface area contributed by atoms with Crippen LogP contribution in [-0.2, 0) is 9.53 Å². The lowest BCUT2D eigenvalue weighted by Gasteiger charge is -2.13. The van der Waals surface area contributed by atoms with Gasteiger partial charge in [0.1, 0.15) is 5.75 Å². The summed E-state index contributed by atoms with van der Waals surface area (Å²) in [5.74, 6) is -1.38. The lowest BCUT2D eigenvalue weighted by Crippen LogP contribution is -2.19. The van der Waals surface area contributed by atoms with Crippen molar-refractivity contribution in [2.45, 2.75) is 13.1 Å². The fourth-order valence-electron chi connectivity index (χ4n) is 3.32. The monoisotopic (exact) mass is 530 g/mol. The van der Waals surface area contributed by atoms with Crippen LogP contribution in [-0.4, -0.2) is 38.4 Å². The predicted octanol–water partition coefficient (Wildman–Crippen LogP) is 5.12. The average molecular weight is 530 g/mol. The molecule has 3 rings (SSSR count). The largest absolute Gasteiger partial charge is 0.493 e. The summed E-state index contributed by atoms with van der Waals surface area (Å²) in [5, 5.41) is 0. The van der Waals surface area contributed by atoms with Crippen LogP contribution in [0.4, 0.5) is 24.5 Å². The Morgan fingerprint density at radius 3 is 2.26 bits per heavy atom. The maximum absolute atomic E-state index is 12.6. The highest BCUT2D eigenvalue weighted by Crippen LogP contribution is 2.31. The highest BCUT2D eigenvalue weighted by Gasteiger charge is 2.29. The quantitative estimate of drug-likeness (QED) is 0.128. The number of esters is 2. The molecule has 11 heteroatoms. The van der Waals surface area contributed by atoms with E-state index in [1.54, 1.807) is 37.3 Å². The molecule has 0 heterocycles. The lowest BCUT2D eigenvalue weighted by molar-refractivity contribution is -0.153. The van der Waals surface area contributed by atoms with Gasteiger partial charge >= 0.3 is 18.1 Å². The van der Waals surface area contributed by atoms with Gasteiger partial charge in [0.05, 0.1) is 24.9 Å². The van der Waals surface area contributed by atoms with Gasteiger partial charge in [-0.1, -0.05) is 12.1 Å². The Kier molecular flexibility index (Phi) is 8.85. The second-order valence-corrected chi connectivity index (χ2v) is 7.85. The smallest absolute Gasteiger partial charge is 0.422 e. The van der Waals surface area contributed by atoms with Crippen molar-refractivity contribution in [3.05, 3.63) is 77.4 Å². The minimum atomic E-state index is -4.53. The number of anilines is 2. The molecular formula is C27H25F3N2O6. The van der Waals surface area contributed by atoms with Crippen LogP contribution in [0.3, 0.4) is 0 Å². The van der Waals surface area contributed by atoms with Gasteiger partial charge in [-0.3, -0.25) is 0 Å². The van der Waals surface area contributed by atoms with Crippen LogP contribution >= 0.6 is 0 Å². The van der Waals surface area contributed by atoms with E-state index in [1.165, 1.54) is 43.5 Å². The molecule has 0 saturated carbocycles. The Morgan fingerprint density at radius 2 is 1.66 bits per heavy atom. The molecule has 0 fully saturated rings. The Labute approximate surface area is 216 Å². The maximum Gasteiger partial charge on any atom is 0.422 e. The van der Waals surface area contributed by atoms with Crippen molar-refractivity contribution in [1.82, 2.24) is 0 Å². The first kappa shape index (κ1) is 27.9. The van der Waals surface area contributed by atoms with Crippen molar-refractivity contribution in [3.8, 4) is 17.2 Å². The molecule has 4 N–H and O–H groups in total. The number of ether oxygens (including phenoxy) is 4. The Hall–Kier alpha value is -4.67. The molecule has 200 valence electrons. The van der Waals surface area contributed by atoms with Gasteiger partial charge in [0.15, 0.2) is 18.1 Å². The van der Waals surface area contributed by atoms with Crippen molar-refractivity contribution in [2.75, 3.05) is 31.8 Å². The van der Waals surface area contributed by atoms with E-state index in [9.17, 15) is 22.8 Å². The van der Waals surface area contributed by atoms with Crippen LogP contribution in [0.1, 0.15) is 28.4 Å². The zero-order valence-corrected chi connectivity index (χ0v) is 20.5. The molecule has 3 aromatic carbocycles. The summed E-state index contributed by atoms with van der Waals surface area (Å²) in [7, 11) is 1.24. The van der Waals surface area contributed by atoms with Crippen molar-refractivity contribution in [2.24, 2.45) is 0 Å². The van der Waals surface area contributed by atoms with Gasteiger partial charge in [-0.25, -0.2) is 9.59 Å². The van der Waals surface area contributed by atoms with Crippen LogP contribution in [0.5, 0.6) is 17.2 Å². The molecular weight excluding hydrogens is 505 g/mol. The van der Waals surface area contributed by atoms with Gasteiger partial charge in [-0.2, -0.15) is 13.2 Å². The molecule has 0 aliphatic rings. The molecule has 0 unspecified atom stereocenters. The molecule has 3 aromatic rings. The Morgan fingerprint density at radius 1 is 0.947 bits per heavy atom. The van der Waals surface area contributed by atoms with Gasteiger partial charge in [-0.15, -0.1) is 0 Å². The number of carbonyl (C=O) groups excluding carboxylic acids is 2. The summed E-state index contributed by atoms with van der Waals surface area (Å²) in [6.07, 6.45) is -2.95. The van der Waals surface area contributed by atoms with E-state index in [2.05, 4.69) is 0 Å². The van der Waals surface area contributed by atoms with Crippen molar-refractivity contribution < 1.29 is 41.7 Å². The number of nitrogen functional groups attached to an aromatic ring is 2. The second-order valence-electron chi connectivity index (χ2n) is 7.85. The first-order valence-electron chi connectivity index (χ1n) is 11.2. The van der Waals surface area contributed by atoms with Gasteiger partial charge < -0.3 is 30.4 Å². The number of carbonyl (C=O) groups is 2. The first-order valence-corrected chi connectivity index (χ1v) is 11.2. The minimum Gasteiger partial charge on any atom is -0.493 e. The Balaban J connectivity index is 1.79. The van der Waals surface area contributed by atoms with Crippen LogP contribution in [0.15, 0.2) is 60.7 Å². The number of nitrogens with two attached hydrogens (primary N) is 2. The fourth-order valence-corrected chi connectivity index (χ4v) is 3.32. The third-order valence-corrected chi connectivity index (χ3v) is 5.05. The number of hydrogen-bond acceptors (Lipinski definition) is 8. The van der Waals surface area contributed by atoms with E-state index in [1.807, 2.05) is 0 Å². The SMILES string of the molecule is CCOC(=O)C(=Cc1ccc(OC(=O)c2ccc(OCC(F)(F)F)c(OC)c2)cc1)c1ccc(N)cc1N. The number of benzene rings is 3. The molecule has 0 radical (unpaired) electrons. The number of alkyl halides is 3. The van der Waals surface area contributed by atoms with Crippen LogP contribution in [0, 0.1) is 0 Å². The molecule has 0 bridgehead atoms. The fraction of sp³-hybridized carbons (Fsp3) is 0.185. The van der Waals surface area contributed by atoms with Crippen molar-refractivity contribution in [3.63, 3.8) is 0 Å². The number of methoxy groups -OCH3 is 1. The number of halogens is 3. The Bertz CT molecular complexity index is 1340. The van der Waals surface area contributed by atoms with E-state index in [0.717, 1.165) is 0 Å². The molecule has 8 nitrogen and oxygen atoms in total. The summed E-state index contributed by atoms with van der Waals surface area (Å²) >= 11 is 0. The normalized spacial score (nSPS) is 11.6. The number of rotatable bonds is 9. The highest BCUT2D eigenvalue weighted by atomic mass is 19.4. The summed E-state index contributed by atoms with van der Waals surface area (Å²) in [4.78, 5) is 25.2. The topological polar surface area (TPSA) is 123 Å². The summed E-state index contributed by atoms with van der Waals surface area (Å²) in [5.41, 5.74) is 13.9. The van der Waals surface area contributed by atoms with E-state index >= 15 is 0 Å². The average Bonchev–Trinajstić information content (AvgIpc) is 2.87. The van der Waals surface area contributed by atoms with Gasteiger partial charge in [0, 0.05) is 16.9 Å². The minimum absolute atomic E-state index is 0.0357. The van der Waals surface area contributed by atoms with E-state index in [0.29, 0.717) is 22.5 Å². The second kappa shape index (κ2) is 12.0. The van der Waals surface area contributed by atoms with Crippen molar-refractivity contribution in [1.29, 1.82) is 0 Å². The summed E-state index contributed by atoms with van der Waals surface area (Å²) in [6, 6.07) is 14.7. The maximum atomic E-state index is 12.6. The molecule has 0 aliphatic carbocycles. The van der Waals surface area contributed by atoms with Crippen LogP contribution in [0.25, 0.3) is 11.6 Å². The van der Waals surface area contributed by atoms with Crippen molar-refractivity contribution >= 4 is 35.0 Å². The van der Waals surface area contributed by atoms with E-state index < -0.39 is 24.7 Å². The summed E-state index contributed by atoms with van der Waals surface area (Å²) in [6.45, 7) is 0.348. The standard InChI is InChI=1S/C27H25F3N2O6/c1-3-36-26(34)21(20-10-7-18(31)14-22(20)32)12-16-4-8-19(9-5-16)38-25(33)17-6-11-23(24(13-17)35-2)37-15-27(28,29)30/h4-14H,3,15,31-32H2,1-2H3. The van der Waals surface area contributed by atoms with Gasteiger partial charge in [0.25, 0.3) is 0 Å².